The Morgan fingerprint density at radius 1 is 1.29 bits per heavy atom. The maximum atomic E-state index is 13.5. The Morgan fingerprint density at radius 3 is 2.85 bits per heavy atom. The second kappa shape index (κ2) is 12.3. The Kier molecular flexibility index (Phi) is 9.15. The van der Waals surface area contributed by atoms with Crippen molar-refractivity contribution in [3.63, 3.8) is 0 Å². The van der Waals surface area contributed by atoms with E-state index in [0.717, 1.165) is 6.54 Å². The van der Waals surface area contributed by atoms with E-state index >= 15 is 0 Å². The van der Waals surface area contributed by atoms with Crippen molar-refractivity contribution in [1.29, 1.82) is 0 Å². The van der Waals surface area contributed by atoms with Gasteiger partial charge in [0.05, 0.1) is 22.8 Å². The number of anilines is 3. The van der Waals surface area contributed by atoms with E-state index in [0.29, 0.717) is 53.4 Å². The lowest BCUT2D eigenvalue weighted by Crippen LogP contribution is -2.20. The first kappa shape index (κ1) is 25.4. The van der Waals surface area contributed by atoms with E-state index in [9.17, 15) is 9.18 Å². The number of rotatable bonds is 11. The van der Waals surface area contributed by atoms with Gasteiger partial charge in [-0.05, 0) is 44.7 Å². The number of halogens is 2. The minimum atomic E-state index is -0.515. The molecule has 0 bridgehead atoms. The highest BCUT2D eigenvalue weighted by atomic mass is 35.5. The lowest BCUT2D eigenvalue weighted by Gasteiger charge is -2.15. The molecule has 1 aromatic heterocycles. The number of ether oxygens (including phenoxy) is 1. The van der Waals surface area contributed by atoms with Gasteiger partial charge in [-0.2, -0.15) is 0 Å². The summed E-state index contributed by atoms with van der Waals surface area (Å²) in [6, 6.07) is 7.73. The van der Waals surface area contributed by atoms with Gasteiger partial charge in [-0.25, -0.2) is 14.4 Å². The fourth-order valence-electron chi connectivity index (χ4n) is 3.21. The van der Waals surface area contributed by atoms with Crippen molar-refractivity contribution >= 4 is 45.6 Å². The first-order valence-corrected chi connectivity index (χ1v) is 11.2. The fraction of sp³-hybridized carbons (Fsp3) is 0.292. The van der Waals surface area contributed by atoms with E-state index in [1.54, 1.807) is 24.3 Å². The monoisotopic (exact) mass is 487 g/mol. The van der Waals surface area contributed by atoms with E-state index in [-0.39, 0.29) is 17.5 Å². The summed E-state index contributed by atoms with van der Waals surface area (Å²) < 4.78 is 19.2. The molecular weight excluding hydrogens is 461 g/mol. The average Bonchev–Trinajstić information content (AvgIpc) is 2.81. The molecule has 34 heavy (non-hydrogen) atoms. The first-order valence-electron chi connectivity index (χ1n) is 10.8. The normalized spacial score (nSPS) is 11.4. The second-order valence-electron chi connectivity index (χ2n) is 7.51. The fourth-order valence-corrected chi connectivity index (χ4v) is 3.39. The number of benzene rings is 2. The van der Waals surface area contributed by atoms with Gasteiger partial charge < -0.3 is 25.4 Å². The molecule has 0 radical (unpaired) electrons. The predicted octanol–water partition coefficient (Wildman–Crippen LogP) is 4.37. The number of carbonyl (C=O) groups is 1. The minimum absolute atomic E-state index is 0.0104. The molecule has 1 amide bonds. The molecule has 3 N–H and O–H groups in total. The van der Waals surface area contributed by atoms with Gasteiger partial charge in [0.15, 0.2) is 0 Å². The Labute approximate surface area is 202 Å². The van der Waals surface area contributed by atoms with Gasteiger partial charge in [0, 0.05) is 42.9 Å². The van der Waals surface area contributed by atoms with Crippen molar-refractivity contribution in [3.05, 3.63) is 59.7 Å². The highest BCUT2D eigenvalue weighted by molar-refractivity contribution is 6.31. The summed E-state index contributed by atoms with van der Waals surface area (Å²) in [7, 11) is 1.91. The molecular formula is C24H27ClFN5O3. The number of hydrogen-bond donors (Lipinski definition) is 3. The molecule has 0 aliphatic rings. The second-order valence-corrected chi connectivity index (χ2v) is 7.91. The van der Waals surface area contributed by atoms with Gasteiger partial charge in [0.2, 0.25) is 5.91 Å². The minimum Gasteiger partial charge on any atom is -0.492 e. The number of nitrogens with zero attached hydrogens (tertiary/aromatic N) is 3. The number of aromatic nitrogens is 2. The Hall–Kier alpha value is -3.27. The van der Waals surface area contributed by atoms with E-state index in [1.165, 1.54) is 24.5 Å². The van der Waals surface area contributed by atoms with E-state index < -0.39 is 5.82 Å². The number of carbonyl (C=O) groups excluding carboxylic acids is 1. The van der Waals surface area contributed by atoms with Crippen molar-refractivity contribution in [2.24, 2.45) is 0 Å². The van der Waals surface area contributed by atoms with Crippen LogP contribution in [0.5, 0.6) is 5.75 Å². The summed E-state index contributed by atoms with van der Waals surface area (Å²) in [6.45, 7) is 3.70. The van der Waals surface area contributed by atoms with Crippen molar-refractivity contribution in [2.45, 2.75) is 13.3 Å². The average molecular weight is 488 g/mol. The zero-order valence-electron chi connectivity index (χ0n) is 19.0. The third-order valence-corrected chi connectivity index (χ3v) is 5.15. The first-order chi connectivity index (χ1) is 16.4. The van der Waals surface area contributed by atoms with Crippen molar-refractivity contribution in [3.8, 4) is 5.75 Å². The molecule has 3 rings (SSSR count). The molecule has 0 saturated carbocycles. The van der Waals surface area contributed by atoms with Crippen LogP contribution in [0.15, 0.2) is 48.8 Å². The number of aliphatic hydroxyl groups is 1. The predicted molar refractivity (Wildman–Crippen MR) is 132 cm³/mol. The summed E-state index contributed by atoms with van der Waals surface area (Å²) in [4.78, 5) is 23.1. The van der Waals surface area contributed by atoms with Crippen molar-refractivity contribution in [1.82, 2.24) is 14.9 Å². The molecule has 0 aliphatic carbocycles. The van der Waals surface area contributed by atoms with Crippen LogP contribution >= 0.6 is 11.6 Å². The zero-order valence-corrected chi connectivity index (χ0v) is 19.8. The molecule has 0 spiro atoms. The van der Waals surface area contributed by atoms with Gasteiger partial charge in [-0.1, -0.05) is 17.7 Å². The maximum absolute atomic E-state index is 13.5. The van der Waals surface area contributed by atoms with Gasteiger partial charge >= 0.3 is 0 Å². The van der Waals surface area contributed by atoms with E-state index in [2.05, 4.69) is 20.6 Å². The topological polar surface area (TPSA) is 99.6 Å². The van der Waals surface area contributed by atoms with Crippen LogP contribution in [0, 0.1) is 5.82 Å². The van der Waals surface area contributed by atoms with Crippen molar-refractivity contribution < 1.29 is 19.0 Å². The Bertz CT molecular complexity index is 1170. The van der Waals surface area contributed by atoms with Gasteiger partial charge in [-0.3, -0.25) is 4.79 Å². The Balaban J connectivity index is 1.85. The number of fused-ring (bicyclic) bond motifs is 1. The number of hydrogen-bond acceptors (Lipinski definition) is 7. The number of likely N-dealkylation sites (N-methyl/N-ethyl adjacent to an activating group) is 1. The van der Waals surface area contributed by atoms with Crippen LogP contribution in [0.2, 0.25) is 5.02 Å². The summed E-state index contributed by atoms with van der Waals surface area (Å²) in [5.41, 5.74) is 1.62. The van der Waals surface area contributed by atoms with Gasteiger partial charge in [0.1, 0.15) is 23.7 Å². The third-order valence-electron chi connectivity index (χ3n) is 4.86. The summed E-state index contributed by atoms with van der Waals surface area (Å²) >= 11 is 5.89. The molecule has 3 aromatic rings. The van der Waals surface area contributed by atoms with Gasteiger partial charge in [0.25, 0.3) is 0 Å². The molecule has 8 nitrogen and oxygen atoms in total. The maximum Gasteiger partial charge on any atom is 0.248 e. The quantitative estimate of drug-likeness (QED) is 0.345. The molecule has 10 heteroatoms. The van der Waals surface area contributed by atoms with Crippen LogP contribution in [-0.2, 0) is 4.79 Å². The molecule has 0 atom stereocenters. The van der Waals surface area contributed by atoms with Crippen LogP contribution in [-0.4, -0.2) is 59.2 Å². The van der Waals surface area contributed by atoms with Crippen LogP contribution < -0.4 is 15.4 Å². The summed E-state index contributed by atoms with van der Waals surface area (Å²) in [6.07, 6.45) is 5.28. The number of aliphatic hydroxyl groups excluding tert-OH is 1. The highest BCUT2D eigenvalue weighted by Gasteiger charge is 2.13. The molecule has 0 aliphatic heterocycles. The van der Waals surface area contributed by atoms with Crippen LogP contribution in [0.3, 0.4) is 0 Å². The van der Waals surface area contributed by atoms with Crippen LogP contribution in [0.25, 0.3) is 10.9 Å². The lowest BCUT2D eigenvalue weighted by molar-refractivity contribution is -0.111. The third kappa shape index (κ3) is 6.86. The van der Waals surface area contributed by atoms with E-state index in [4.69, 9.17) is 21.4 Å². The molecule has 1 heterocycles. The standard InChI is InChI=1S/C24H27ClFN5O3/c1-3-34-22-14-20-17(13-21(22)30-23(33)6-4-9-31(2)10-5-11-32)24(28-15-27-20)29-16-7-8-19(26)18(25)12-16/h4,6-8,12-15,32H,3,5,9-11H2,1-2H3,(H,30,33)(H,27,28,29)/b6-4+. The molecule has 0 saturated heterocycles. The summed E-state index contributed by atoms with van der Waals surface area (Å²) in [5.74, 6) is 0.116. The van der Waals surface area contributed by atoms with Crippen molar-refractivity contribution in [2.75, 3.05) is 44.0 Å². The molecule has 0 unspecified atom stereocenters. The largest absolute Gasteiger partial charge is 0.492 e. The zero-order chi connectivity index (χ0) is 24.5. The van der Waals surface area contributed by atoms with Crippen LogP contribution in [0.1, 0.15) is 13.3 Å². The number of nitrogens with one attached hydrogen (secondary N) is 2. The van der Waals surface area contributed by atoms with Gasteiger partial charge in [-0.15, -0.1) is 0 Å². The molecule has 2 aromatic carbocycles. The smallest absolute Gasteiger partial charge is 0.248 e. The Morgan fingerprint density at radius 2 is 2.12 bits per heavy atom. The SMILES string of the molecule is CCOc1cc2ncnc(Nc3ccc(F)c(Cl)c3)c2cc1NC(=O)/C=C/CN(C)CCCO. The molecule has 180 valence electrons. The molecule has 0 fully saturated rings. The van der Waals surface area contributed by atoms with E-state index in [1.807, 2.05) is 18.9 Å². The lowest BCUT2D eigenvalue weighted by atomic mass is 10.1. The summed E-state index contributed by atoms with van der Waals surface area (Å²) in [5, 5.41) is 15.5. The number of amides is 1. The highest BCUT2D eigenvalue weighted by Crippen LogP contribution is 2.33. The van der Waals surface area contributed by atoms with Crippen LogP contribution in [0.4, 0.5) is 21.6 Å².